The Morgan fingerprint density at radius 2 is 1.80 bits per heavy atom. The summed E-state index contributed by atoms with van der Waals surface area (Å²) in [6.45, 7) is 4.38. The molecule has 0 unspecified atom stereocenters. The molecule has 0 bridgehead atoms. The lowest BCUT2D eigenvalue weighted by Gasteiger charge is -2.11. The summed E-state index contributed by atoms with van der Waals surface area (Å²) >= 11 is 0. The van der Waals surface area contributed by atoms with Gasteiger partial charge in [0.15, 0.2) is 0 Å². The SMILES string of the molecule is CC(C)c1ccccc1-c1cccnn1. The van der Waals surface area contributed by atoms with Crippen molar-refractivity contribution in [2.75, 3.05) is 0 Å². The molecular weight excluding hydrogens is 184 g/mol. The van der Waals surface area contributed by atoms with E-state index in [-0.39, 0.29) is 0 Å². The van der Waals surface area contributed by atoms with E-state index in [1.165, 1.54) is 11.1 Å². The van der Waals surface area contributed by atoms with Gasteiger partial charge in [0.2, 0.25) is 0 Å². The van der Waals surface area contributed by atoms with Gasteiger partial charge in [-0.2, -0.15) is 10.2 Å². The monoisotopic (exact) mass is 198 g/mol. The van der Waals surface area contributed by atoms with Crippen LogP contribution in [-0.2, 0) is 0 Å². The number of benzene rings is 1. The molecule has 0 N–H and O–H groups in total. The van der Waals surface area contributed by atoms with Crippen molar-refractivity contribution in [1.82, 2.24) is 10.2 Å². The third kappa shape index (κ3) is 2.04. The summed E-state index contributed by atoms with van der Waals surface area (Å²) in [5.41, 5.74) is 3.44. The van der Waals surface area contributed by atoms with E-state index in [4.69, 9.17) is 0 Å². The minimum atomic E-state index is 0.503. The first-order valence-electron chi connectivity index (χ1n) is 5.16. The molecule has 0 atom stereocenters. The van der Waals surface area contributed by atoms with Crippen LogP contribution in [0.25, 0.3) is 11.3 Å². The molecule has 1 heterocycles. The Balaban J connectivity index is 2.53. The van der Waals surface area contributed by atoms with Crippen LogP contribution in [-0.4, -0.2) is 10.2 Å². The van der Waals surface area contributed by atoms with Crippen LogP contribution < -0.4 is 0 Å². The molecule has 1 aromatic carbocycles. The van der Waals surface area contributed by atoms with E-state index in [9.17, 15) is 0 Å². The van der Waals surface area contributed by atoms with E-state index in [2.05, 4.69) is 42.2 Å². The van der Waals surface area contributed by atoms with Crippen LogP contribution in [0, 0.1) is 0 Å². The summed E-state index contributed by atoms with van der Waals surface area (Å²) in [6.07, 6.45) is 1.70. The van der Waals surface area contributed by atoms with Crippen molar-refractivity contribution < 1.29 is 0 Å². The molecule has 0 aliphatic carbocycles. The number of aromatic nitrogens is 2. The average molecular weight is 198 g/mol. The fourth-order valence-electron chi connectivity index (χ4n) is 1.68. The Kier molecular flexibility index (Phi) is 2.77. The second-order valence-electron chi connectivity index (χ2n) is 3.85. The van der Waals surface area contributed by atoms with Crippen LogP contribution in [0.4, 0.5) is 0 Å². The molecule has 0 saturated carbocycles. The molecule has 0 aliphatic heterocycles. The Hall–Kier alpha value is -1.70. The lowest BCUT2D eigenvalue weighted by molar-refractivity contribution is 0.866. The highest BCUT2D eigenvalue weighted by atomic mass is 15.1. The van der Waals surface area contributed by atoms with Crippen molar-refractivity contribution in [2.24, 2.45) is 0 Å². The third-order valence-corrected chi connectivity index (χ3v) is 2.43. The summed E-state index contributed by atoms with van der Waals surface area (Å²) in [7, 11) is 0. The fraction of sp³-hybridized carbons (Fsp3) is 0.231. The molecule has 0 radical (unpaired) electrons. The minimum absolute atomic E-state index is 0.503. The average Bonchev–Trinajstić information content (AvgIpc) is 2.30. The van der Waals surface area contributed by atoms with Crippen LogP contribution in [0.5, 0.6) is 0 Å². The highest BCUT2D eigenvalue weighted by Gasteiger charge is 2.08. The topological polar surface area (TPSA) is 25.8 Å². The predicted octanol–water partition coefficient (Wildman–Crippen LogP) is 3.27. The maximum Gasteiger partial charge on any atom is 0.0932 e. The lowest BCUT2D eigenvalue weighted by Crippen LogP contribution is -1.94. The van der Waals surface area contributed by atoms with Gasteiger partial charge in [-0.1, -0.05) is 38.1 Å². The van der Waals surface area contributed by atoms with Crippen LogP contribution in [0.15, 0.2) is 42.6 Å². The Morgan fingerprint density at radius 1 is 1.00 bits per heavy atom. The first-order chi connectivity index (χ1) is 7.29. The largest absolute Gasteiger partial charge is 0.159 e. The summed E-state index contributed by atoms with van der Waals surface area (Å²) in [4.78, 5) is 0. The number of nitrogens with zero attached hydrogens (tertiary/aromatic N) is 2. The van der Waals surface area contributed by atoms with Crippen LogP contribution >= 0.6 is 0 Å². The lowest BCUT2D eigenvalue weighted by atomic mass is 9.95. The van der Waals surface area contributed by atoms with E-state index < -0.39 is 0 Å². The number of hydrogen-bond donors (Lipinski definition) is 0. The van der Waals surface area contributed by atoms with E-state index in [0.717, 1.165) is 5.69 Å². The zero-order valence-electron chi connectivity index (χ0n) is 9.01. The van der Waals surface area contributed by atoms with E-state index in [0.29, 0.717) is 5.92 Å². The molecule has 1 aromatic heterocycles. The molecule has 2 aromatic rings. The smallest absolute Gasteiger partial charge is 0.0932 e. The van der Waals surface area contributed by atoms with Crippen LogP contribution in [0.3, 0.4) is 0 Å². The quantitative estimate of drug-likeness (QED) is 0.740. The predicted molar refractivity (Wildman–Crippen MR) is 61.6 cm³/mol. The van der Waals surface area contributed by atoms with E-state index in [1.807, 2.05) is 18.2 Å². The molecule has 76 valence electrons. The Bertz CT molecular complexity index is 435. The number of hydrogen-bond acceptors (Lipinski definition) is 2. The normalized spacial score (nSPS) is 10.6. The standard InChI is InChI=1S/C13H14N2/c1-10(2)11-6-3-4-7-12(11)13-8-5-9-14-15-13/h3-10H,1-2H3. The van der Waals surface area contributed by atoms with Gasteiger partial charge in [0, 0.05) is 11.8 Å². The maximum atomic E-state index is 4.14. The second-order valence-corrected chi connectivity index (χ2v) is 3.85. The zero-order chi connectivity index (χ0) is 10.7. The zero-order valence-corrected chi connectivity index (χ0v) is 9.01. The van der Waals surface area contributed by atoms with Gasteiger partial charge in [-0.3, -0.25) is 0 Å². The molecule has 2 rings (SSSR count). The molecule has 15 heavy (non-hydrogen) atoms. The first-order valence-corrected chi connectivity index (χ1v) is 5.16. The summed E-state index contributed by atoms with van der Waals surface area (Å²) in [5, 5.41) is 8.05. The maximum absolute atomic E-state index is 4.14. The fourth-order valence-corrected chi connectivity index (χ4v) is 1.68. The van der Waals surface area contributed by atoms with Gasteiger partial charge in [-0.25, -0.2) is 0 Å². The van der Waals surface area contributed by atoms with Crippen LogP contribution in [0.2, 0.25) is 0 Å². The van der Waals surface area contributed by atoms with Crippen molar-refractivity contribution in [3.8, 4) is 11.3 Å². The summed E-state index contributed by atoms with van der Waals surface area (Å²) < 4.78 is 0. The first kappa shape index (κ1) is 9.84. The molecule has 2 heteroatoms. The Labute approximate surface area is 90.0 Å². The molecule has 0 aliphatic rings. The molecule has 0 fully saturated rings. The molecular formula is C13H14N2. The van der Waals surface area contributed by atoms with Gasteiger partial charge in [-0.05, 0) is 23.6 Å². The van der Waals surface area contributed by atoms with Crippen molar-refractivity contribution in [3.63, 3.8) is 0 Å². The molecule has 0 saturated heterocycles. The van der Waals surface area contributed by atoms with Gasteiger partial charge in [0.1, 0.15) is 0 Å². The third-order valence-electron chi connectivity index (χ3n) is 2.43. The van der Waals surface area contributed by atoms with Gasteiger partial charge in [0.25, 0.3) is 0 Å². The van der Waals surface area contributed by atoms with Gasteiger partial charge in [0.05, 0.1) is 5.69 Å². The van der Waals surface area contributed by atoms with E-state index in [1.54, 1.807) is 6.20 Å². The Morgan fingerprint density at radius 3 is 2.47 bits per heavy atom. The summed E-state index contributed by atoms with van der Waals surface area (Å²) in [6, 6.07) is 12.3. The highest BCUT2D eigenvalue weighted by Crippen LogP contribution is 2.26. The van der Waals surface area contributed by atoms with E-state index >= 15 is 0 Å². The number of rotatable bonds is 2. The van der Waals surface area contributed by atoms with Crippen LogP contribution in [0.1, 0.15) is 25.3 Å². The van der Waals surface area contributed by atoms with Gasteiger partial charge >= 0.3 is 0 Å². The second kappa shape index (κ2) is 4.22. The van der Waals surface area contributed by atoms with Crippen molar-refractivity contribution in [2.45, 2.75) is 19.8 Å². The molecule has 0 spiro atoms. The van der Waals surface area contributed by atoms with Crippen molar-refractivity contribution >= 4 is 0 Å². The molecule has 0 amide bonds. The minimum Gasteiger partial charge on any atom is -0.159 e. The molecule has 2 nitrogen and oxygen atoms in total. The van der Waals surface area contributed by atoms with Gasteiger partial charge in [-0.15, -0.1) is 0 Å². The highest BCUT2D eigenvalue weighted by molar-refractivity contribution is 5.63. The summed E-state index contributed by atoms with van der Waals surface area (Å²) in [5.74, 6) is 0.503. The van der Waals surface area contributed by atoms with Crippen molar-refractivity contribution in [1.29, 1.82) is 0 Å². The van der Waals surface area contributed by atoms with Gasteiger partial charge < -0.3 is 0 Å². The van der Waals surface area contributed by atoms with Crippen molar-refractivity contribution in [3.05, 3.63) is 48.2 Å².